The molecule has 96 valence electrons. The van der Waals surface area contributed by atoms with Crippen LogP contribution in [0.2, 0.25) is 0 Å². The summed E-state index contributed by atoms with van der Waals surface area (Å²) in [5.74, 6) is 2.14. The zero-order valence-electron chi connectivity index (χ0n) is 11.0. The van der Waals surface area contributed by atoms with Gasteiger partial charge in [-0.3, -0.25) is 0 Å². The Morgan fingerprint density at radius 1 is 1.35 bits per heavy atom. The predicted octanol–water partition coefficient (Wildman–Crippen LogP) is 1.88. The summed E-state index contributed by atoms with van der Waals surface area (Å²) < 4.78 is 11.0. The van der Waals surface area contributed by atoms with E-state index in [0.717, 1.165) is 18.1 Å². The lowest BCUT2D eigenvalue weighted by Gasteiger charge is -2.14. The van der Waals surface area contributed by atoms with Crippen LogP contribution in [0.3, 0.4) is 0 Å². The molecule has 0 aliphatic rings. The van der Waals surface area contributed by atoms with Crippen LogP contribution in [-0.2, 0) is 11.2 Å². The highest BCUT2D eigenvalue weighted by Crippen LogP contribution is 2.15. The number of nitrogens with one attached hydrogen (secondary N) is 1. The molecule has 1 atom stereocenters. The van der Waals surface area contributed by atoms with Crippen molar-refractivity contribution in [1.82, 2.24) is 9.97 Å². The van der Waals surface area contributed by atoms with Gasteiger partial charge in [-0.05, 0) is 13.8 Å². The van der Waals surface area contributed by atoms with E-state index in [-0.39, 0.29) is 6.10 Å². The average Bonchev–Trinajstić information content (AvgIpc) is 2.35. The lowest BCUT2D eigenvalue weighted by molar-refractivity contribution is 0.0632. The Kier molecular flexibility index (Phi) is 5.69. The van der Waals surface area contributed by atoms with Crippen LogP contribution in [-0.4, -0.2) is 36.3 Å². The van der Waals surface area contributed by atoms with Crippen molar-refractivity contribution >= 4 is 5.82 Å². The minimum absolute atomic E-state index is 0.0146. The van der Waals surface area contributed by atoms with Gasteiger partial charge in [-0.15, -0.1) is 0 Å². The van der Waals surface area contributed by atoms with Gasteiger partial charge >= 0.3 is 0 Å². The van der Waals surface area contributed by atoms with Crippen LogP contribution in [0.25, 0.3) is 0 Å². The van der Waals surface area contributed by atoms with E-state index in [1.165, 1.54) is 0 Å². The first-order valence-electron chi connectivity index (χ1n) is 5.99. The van der Waals surface area contributed by atoms with E-state index >= 15 is 0 Å². The maximum Gasteiger partial charge on any atom is 0.219 e. The fourth-order valence-electron chi connectivity index (χ4n) is 1.34. The monoisotopic (exact) mass is 239 g/mol. The maximum atomic E-state index is 5.69. The maximum absolute atomic E-state index is 5.69. The minimum atomic E-state index is -0.0146. The Labute approximate surface area is 103 Å². The molecule has 0 amide bonds. The molecule has 1 aromatic heterocycles. The van der Waals surface area contributed by atoms with Crippen LogP contribution in [0.5, 0.6) is 5.88 Å². The Balaban J connectivity index is 2.68. The first-order valence-corrected chi connectivity index (χ1v) is 5.99. The summed E-state index contributed by atoms with van der Waals surface area (Å²) in [4.78, 5) is 8.63. The summed E-state index contributed by atoms with van der Waals surface area (Å²) in [7, 11) is 1.83. The van der Waals surface area contributed by atoms with Crippen molar-refractivity contribution in [2.45, 2.75) is 33.3 Å². The molecule has 0 fully saturated rings. The van der Waals surface area contributed by atoms with Gasteiger partial charge < -0.3 is 14.8 Å². The van der Waals surface area contributed by atoms with Crippen LogP contribution >= 0.6 is 0 Å². The van der Waals surface area contributed by atoms with E-state index in [2.05, 4.69) is 15.3 Å². The fourth-order valence-corrected chi connectivity index (χ4v) is 1.34. The number of anilines is 1. The molecule has 1 aromatic rings. The number of ether oxygens (including phenoxy) is 2. The van der Waals surface area contributed by atoms with Crippen LogP contribution in [0.15, 0.2) is 6.07 Å². The lowest BCUT2D eigenvalue weighted by atomic mass is 10.4. The molecular weight excluding hydrogens is 218 g/mol. The van der Waals surface area contributed by atoms with Gasteiger partial charge in [0, 0.05) is 26.1 Å². The van der Waals surface area contributed by atoms with Gasteiger partial charge in [-0.2, -0.15) is 4.98 Å². The largest absolute Gasteiger partial charge is 0.472 e. The molecule has 1 N–H and O–H groups in total. The summed E-state index contributed by atoms with van der Waals surface area (Å²) in [6.07, 6.45) is 0.769. The van der Waals surface area contributed by atoms with E-state index in [0.29, 0.717) is 19.1 Å². The molecule has 0 aromatic carbocycles. The number of nitrogens with zero attached hydrogens (tertiary/aromatic N) is 2. The standard InChI is InChI=1S/C12H21N3O2/c1-5-10-14-11(13-4)7-12(15-10)17-9(3)8-16-6-2/h7,9H,5-6,8H2,1-4H3,(H,13,14,15). The molecule has 0 bridgehead atoms. The molecule has 1 unspecified atom stereocenters. The number of hydrogen-bond donors (Lipinski definition) is 1. The predicted molar refractivity (Wildman–Crippen MR) is 67.5 cm³/mol. The summed E-state index contributed by atoms with van der Waals surface area (Å²) in [6.45, 7) is 7.20. The third-order valence-corrected chi connectivity index (χ3v) is 2.20. The van der Waals surface area contributed by atoms with Crippen molar-refractivity contribution in [3.8, 4) is 5.88 Å². The highest BCUT2D eigenvalue weighted by atomic mass is 16.5. The second kappa shape index (κ2) is 7.06. The zero-order valence-corrected chi connectivity index (χ0v) is 11.0. The average molecular weight is 239 g/mol. The van der Waals surface area contributed by atoms with E-state index in [1.807, 2.05) is 27.8 Å². The normalized spacial score (nSPS) is 12.2. The molecule has 0 saturated heterocycles. The molecule has 0 spiro atoms. The molecule has 1 rings (SSSR count). The van der Waals surface area contributed by atoms with Crippen molar-refractivity contribution in [1.29, 1.82) is 0 Å². The first-order chi connectivity index (χ1) is 8.19. The number of rotatable bonds is 7. The SMILES string of the molecule is CCOCC(C)Oc1cc(NC)nc(CC)n1. The van der Waals surface area contributed by atoms with Gasteiger partial charge in [0.2, 0.25) is 5.88 Å². The second-order valence-electron chi connectivity index (χ2n) is 3.70. The molecule has 17 heavy (non-hydrogen) atoms. The van der Waals surface area contributed by atoms with Crippen molar-refractivity contribution in [3.05, 3.63) is 11.9 Å². The van der Waals surface area contributed by atoms with Crippen molar-refractivity contribution in [3.63, 3.8) is 0 Å². The molecule has 0 aliphatic carbocycles. The van der Waals surface area contributed by atoms with Gasteiger partial charge in [-0.25, -0.2) is 4.98 Å². The summed E-state index contributed by atoms with van der Waals surface area (Å²) in [5, 5.41) is 3.00. The molecular formula is C12H21N3O2. The van der Waals surface area contributed by atoms with Crippen LogP contribution in [0.4, 0.5) is 5.82 Å². The molecule has 5 heteroatoms. The van der Waals surface area contributed by atoms with Crippen LogP contribution < -0.4 is 10.1 Å². The Morgan fingerprint density at radius 3 is 2.71 bits per heavy atom. The quantitative estimate of drug-likeness (QED) is 0.787. The molecule has 1 heterocycles. The smallest absolute Gasteiger partial charge is 0.219 e. The Hall–Kier alpha value is -1.36. The van der Waals surface area contributed by atoms with Gasteiger partial charge in [0.1, 0.15) is 17.7 Å². The van der Waals surface area contributed by atoms with Crippen molar-refractivity contribution in [2.75, 3.05) is 25.6 Å². The van der Waals surface area contributed by atoms with Gasteiger partial charge in [0.25, 0.3) is 0 Å². The van der Waals surface area contributed by atoms with E-state index in [9.17, 15) is 0 Å². The van der Waals surface area contributed by atoms with Crippen molar-refractivity contribution < 1.29 is 9.47 Å². The Bertz CT molecular complexity index is 322. The van der Waals surface area contributed by atoms with Gasteiger partial charge in [-0.1, -0.05) is 6.92 Å². The Morgan fingerprint density at radius 2 is 2.12 bits per heavy atom. The minimum Gasteiger partial charge on any atom is -0.472 e. The van der Waals surface area contributed by atoms with Crippen LogP contribution in [0.1, 0.15) is 26.6 Å². The fraction of sp³-hybridized carbons (Fsp3) is 0.667. The second-order valence-corrected chi connectivity index (χ2v) is 3.70. The number of hydrogen-bond acceptors (Lipinski definition) is 5. The third kappa shape index (κ3) is 4.56. The summed E-state index contributed by atoms with van der Waals surface area (Å²) in [5.41, 5.74) is 0. The number of aryl methyl sites for hydroxylation is 1. The van der Waals surface area contributed by atoms with Crippen molar-refractivity contribution in [2.24, 2.45) is 0 Å². The summed E-state index contributed by atoms with van der Waals surface area (Å²) >= 11 is 0. The molecule has 5 nitrogen and oxygen atoms in total. The third-order valence-electron chi connectivity index (χ3n) is 2.20. The highest BCUT2D eigenvalue weighted by Gasteiger charge is 2.08. The van der Waals surface area contributed by atoms with E-state index in [4.69, 9.17) is 9.47 Å². The van der Waals surface area contributed by atoms with E-state index < -0.39 is 0 Å². The highest BCUT2D eigenvalue weighted by molar-refractivity contribution is 5.37. The molecule has 0 aliphatic heterocycles. The number of aromatic nitrogens is 2. The molecule has 0 radical (unpaired) electrons. The summed E-state index contributed by atoms with van der Waals surface area (Å²) in [6, 6.07) is 1.79. The van der Waals surface area contributed by atoms with Crippen LogP contribution in [0, 0.1) is 0 Å². The zero-order chi connectivity index (χ0) is 12.7. The molecule has 0 saturated carbocycles. The van der Waals surface area contributed by atoms with Gasteiger partial charge in [0.15, 0.2) is 0 Å². The van der Waals surface area contributed by atoms with E-state index in [1.54, 1.807) is 6.07 Å². The van der Waals surface area contributed by atoms with Gasteiger partial charge in [0.05, 0.1) is 6.61 Å². The lowest BCUT2D eigenvalue weighted by Crippen LogP contribution is -2.20. The first kappa shape index (κ1) is 13.7. The topological polar surface area (TPSA) is 56.3 Å².